The van der Waals surface area contributed by atoms with E-state index in [0.29, 0.717) is 34.9 Å². The van der Waals surface area contributed by atoms with E-state index in [0.717, 1.165) is 52.9 Å². The lowest BCUT2D eigenvalue weighted by molar-refractivity contribution is -0.119. The molecule has 204 valence electrons. The number of benzene rings is 2. The summed E-state index contributed by atoms with van der Waals surface area (Å²) in [5, 5.41) is 10.8. The largest absolute Gasteiger partial charge is 0.382 e. The van der Waals surface area contributed by atoms with E-state index in [1.807, 2.05) is 42.8 Å². The minimum atomic E-state index is -0.475. The third-order valence-corrected chi connectivity index (χ3v) is 8.29. The van der Waals surface area contributed by atoms with E-state index in [2.05, 4.69) is 37.9 Å². The molecule has 3 aliphatic heterocycles. The minimum absolute atomic E-state index is 0.104. The number of piperidine rings is 1. The molecule has 0 saturated carbocycles. The molecule has 1 fully saturated rings. The molecule has 0 aliphatic carbocycles. The average Bonchev–Trinajstić information content (AvgIpc) is 3.34. The number of carbonyl (C=O) groups excluding carboxylic acids is 1. The molecule has 1 amide bonds. The summed E-state index contributed by atoms with van der Waals surface area (Å²) < 4.78 is 16.0. The Kier molecular flexibility index (Phi) is 8.84. The van der Waals surface area contributed by atoms with Crippen molar-refractivity contribution >= 4 is 45.0 Å². The van der Waals surface area contributed by atoms with Gasteiger partial charge >= 0.3 is 0 Å². The number of thioether (sulfide) groups is 1. The topological polar surface area (TPSA) is 83.9 Å². The predicted molar refractivity (Wildman–Crippen MR) is 159 cm³/mol. The van der Waals surface area contributed by atoms with Gasteiger partial charge in [-0.2, -0.15) is 0 Å². The average molecular weight is 612 g/mol. The van der Waals surface area contributed by atoms with E-state index in [1.165, 1.54) is 23.9 Å². The molecular weight excluding hydrogens is 579 g/mol. The number of halogens is 2. The summed E-state index contributed by atoms with van der Waals surface area (Å²) in [6.07, 6.45) is 4.63. The molecule has 3 aliphatic rings. The number of hydrogen-bond donors (Lipinski definition) is 3. The summed E-state index contributed by atoms with van der Waals surface area (Å²) in [7, 11) is 0. The molecular formula is C29H32BrFN6OS. The summed E-state index contributed by atoms with van der Waals surface area (Å²) in [6.45, 7) is 6.02. The number of amides is 1. The molecule has 7 nitrogen and oxygen atoms in total. The number of aryl methyl sites for hydroxylation is 1. The molecule has 39 heavy (non-hydrogen) atoms. The van der Waals surface area contributed by atoms with Gasteiger partial charge in [0, 0.05) is 33.8 Å². The van der Waals surface area contributed by atoms with Gasteiger partial charge in [-0.05, 0) is 96.7 Å². The fourth-order valence-corrected chi connectivity index (χ4v) is 6.02. The highest BCUT2D eigenvalue weighted by Crippen LogP contribution is 2.32. The Hall–Kier alpha value is -2.95. The monoisotopic (exact) mass is 610 g/mol. The SMILES string of the molecule is CCC(C(=O)Nc1cc(NC2CCNCC2)ccc1C)n1cc(Br)cc2nc(SCc3ccc(F)cc3)nc1-2. The number of anilines is 2. The van der Waals surface area contributed by atoms with Crippen LogP contribution in [0.15, 0.2) is 64.4 Å². The van der Waals surface area contributed by atoms with Crippen LogP contribution in [0.25, 0.3) is 11.5 Å². The van der Waals surface area contributed by atoms with E-state index in [4.69, 9.17) is 9.97 Å². The van der Waals surface area contributed by atoms with Crippen LogP contribution in [0.5, 0.6) is 0 Å². The zero-order valence-electron chi connectivity index (χ0n) is 22.0. The first-order valence-electron chi connectivity index (χ1n) is 13.2. The highest BCUT2D eigenvalue weighted by molar-refractivity contribution is 9.10. The Morgan fingerprint density at radius 3 is 2.69 bits per heavy atom. The third kappa shape index (κ3) is 6.80. The van der Waals surface area contributed by atoms with E-state index in [9.17, 15) is 9.18 Å². The molecule has 1 saturated heterocycles. The fraction of sp³-hybridized carbons (Fsp3) is 0.345. The van der Waals surface area contributed by atoms with Crippen molar-refractivity contribution in [1.29, 1.82) is 0 Å². The van der Waals surface area contributed by atoms with Gasteiger partial charge in [0.2, 0.25) is 5.91 Å². The van der Waals surface area contributed by atoms with Crippen molar-refractivity contribution in [3.63, 3.8) is 0 Å². The quantitative estimate of drug-likeness (QED) is 0.184. The van der Waals surface area contributed by atoms with Crippen molar-refractivity contribution in [2.45, 2.75) is 56.1 Å². The van der Waals surface area contributed by atoms with E-state index >= 15 is 0 Å². The van der Waals surface area contributed by atoms with Crippen LogP contribution in [-0.2, 0) is 10.5 Å². The summed E-state index contributed by atoms with van der Waals surface area (Å²) >= 11 is 5.06. The van der Waals surface area contributed by atoms with Gasteiger partial charge in [-0.3, -0.25) is 4.79 Å². The molecule has 0 radical (unpaired) electrons. The highest BCUT2D eigenvalue weighted by Gasteiger charge is 2.26. The van der Waals surface area contributed by atoms with Crippen LogP contribution in [0.4, 0.5) is 15.8 Å². The van der Waals surface area contributed by atoms with Crippen LogP contribution in [0.3, 0.4) is 0 Å². The van der Waals surface area contributed by atoms with Gasteiger partial charge < -0.3 is 20.5 Å². The predicted octanol–water partition coefficient (Wildman–Crippen LogP) is 6.64. The number of nitrogens with zero attached hydrogens (tertiary/aromatic N) is 3. The summed E-state index contributed by atoms with van der Waals surface area (Å²) in [6, 6.07) is 14.4. The van der Waals surface area contributed by atoms with Crippen LogP contribution in [-0.4, -0.2) is 39.6 Å². The molecule has 0 aromatic heterocycles. The van der Waals surface area contributed by atoms with Crippen molar-refractivity contribution in [1.82, 2.24) is 19.9 Å². The summed E-state index contributed by atoms with van der Waals surface area (Å²) in [4.78, 5) is 23.1. The Morgan fingerprint density at radius 2 is 1.95 bits per heavy atom. The Labute approximate surface area is 240 Å². The number of pyridine rings is 1. The van der Waals surface area contributed by atoms with Gasteiger partial charge in [-0.15, -0.1) is 0 Å². The Bertz CT molecular complexity index is 1410. The van der Waals surface area contributed by atoms with Crippen LogP contribution in [0.2, 0.25) is 0 Å². The van der Waals surface area contributed by atoms with Crippen molar-refractivity contribution in [3.8, 4) is 11.5 Å². The van der Waals surface area contributed by atoms with Crippen molar-refractivity contribution in [2.24, 2.45) is 0 Å². The van der Waals surface area contributed by atoms with Crippen molar-refractivity contribution in [3.05, 3.63) is 76.1 Å². The number of fused-ring (bicyclic) bond motifs is 1. The van der Waals surface area contributed by atoms with Gasteiger partial charge in [0.05, 0.1) is 0 Å². The second-order valence-electron chi connectivity index (χ2n) is 9.81. The van der Waals surface area contributed by atoms with Crippen LogP contribution in [0, 0.1) is 12.7 Å². The first-order valence-corrected chi connectivity index (χ1v) is 15.0. The maximum absolute atomic E-state index is 13.6. The van der Waals surface area contributed by atoms with Gasteiger partial charge in [0.1, 0.15) is 17.6 Å². The molecule has 2 aromatic carbocycles. The molecule has 0 bridgehead atoms. The number of rotatable bonds is 9. The molecule has 0 spiro atoms. The Balaban J connectivity index is 1.34. The maximum Gasteiger partial charge on any atom is 0.247 e. The van der Waals surface area contributed by atoms with Crippen molar-refractivity contribution in [2.75, 3.05) is 23.7 Å². The Morgan fingerprint density at radius 1 is 1.18 bits per heavy atom. The standard InChI is InChI=1S/C29H32BrFN6OS/c1-3-26(28(38)34-24-15-23(9-4-18(24)2)33-22-10-12-32-13-11-22)37-16-20(30)14-25-27(37)36-29(35-25)39-17-19-5-7-21(31)8-6-19/h4-9,14-16,22,26,32-33H,3,10-13,17H2,1-2H3,(H,34,38). The van der Waals surface area contributed by atoms with Gasteiger partial charge in [-0.25, -0.2) is 14.4 Å². The van der Waals surface area contributed by atoms with Crippen LogP contribution < -0.4 is 16.0 Å². The van der Waals surface area contributed by atoms with Crippen LogP contribution >= 0.6 is 27.7 Å². The first-order chi connectivity index (χ1) is 18.9. The summed E-state index contributed by atoms with van der Waals surface area (Å²) in [5.74, 6) is 0.914. The van der Waals surface area contributed by atoms with Crippen molar-refractivity contribution < 1.29 is 9.18 Å². The first kappa shape index (κ1) is 27.6. The molecule has 10 heteroatoms. The molecule has 5 rings (SSSR count). The number of carbonyl (C=O) groups is 1. The zero-order chi connectivity index (χ0) is 27.4. The molecule has 3 N–H and O–H groups in total. The lowest BCUT2D eigenvalue weighted by atomic mass is 10.1. The van der Waals surface area contributed by atoms with E-state index in [1.54, 1.807) is 12.1 Å². The number of nitrogens with one attached hydrogen (secondary N) is 3. The normalized spacial score (nSPS) is 14.9. The number of aromatic nitrogens is 3. The second-order valence-corrected chi connectivity index (χ2v) is 11.7. The number of hydrogen-bond acceptors (Lipinski definition) is 6. The molecule has 1 unspecified atom stereocenters. The third-order valence-electron chi connectivity index (χ3n) is 6.94. The molecule has 2 aromatic rings. The van der Waals surface area contributed by atoms with E-state index < -0.39 is 6.04 Å². The number of imidazole rings is 1. The summed E-state index contributed by atoms with van der Waals surface area (Å²) in [5.41, 5.74) is 4.52. The smallest absolute Gasteiger partial charge is 0.247 e. The second kappa shape index (κ2) is 12.5. The van der Waals surface area contributed by atoms with Gasteiger partial charge in [-0.1, -0.05) is 36.9 Å². The zero-order valence-corrected chi connectivity index (χ0v) is 24.4. The lowest BCUT2D eigenvalue weighted by Gasteiger charge is -2.25. The highest BCUT2D eigenvalue weighted by atomic mass is 79.9. The fourth-order valence-electron chi connectivity index (χ4n) is 4.78. The minimum Gasteiger partial charge on any atom is -0.382 e. The lowest BCUT2D eigenvalue weighted by Crippen LogP contribution is -2.35. The van der Waals surface area contributed by atoms with E-state index in [-0.39, 0.29) is 11.7 Å². The van der Waals surface area contributed by atoms with Crippen LogP contribution in [0.1, 0.15) is 43.4 Å². The molecule has 1 atom stereocenters. The van der Waals surface area contributed by atoms with Gasteiger partial charge in [0.25, 0.3) is 0 Å². The molecule has 3 heterocycles. The van der Waals surface area contributed by atoms with Gasteiger partial charge in [0.15, 0.2) is 11.0 Å². The maximum atomic E-state index is 13.6.